The van der Waals surface area contributed by atoms with Crippen LogP contribution >= 0.6 is 0 Å². The van der Waals surface area contributed by atoms with Gasteiger partial charge in [0.25, 0.3) is 0 Å². The Bertz CT molecular complexity index is 365. The summed E-state index contributed by atoms with van der Waals surface area (Å²) < 4.78 is 4.69. The first-order valence-electron chi connectivity index (χ1n) is 5.63. The average molecular weight is 237 g/mol. The van der Waals surface area contributed by atoms with Crippen molar-refractivity contribution in [2.45, 2.75) is 33.4 Å². The van der Waals surface area contributed by atoms with Crippen LogP contribution in [-0.4, -0.2) is 29.1 Å². The summed E-state index contributed by atoms with van der Waals surface area (Å²) in [6.07, 6.45) is 3.46. The molecule has 1 N–H and O–H groups in total. The van der Waals surface area contributed by atoms with Gasteiger partial charge in [0.05, 0.1) is 24.4 Å². The van der Waals surface area contributed by atoms with E-state index in [-0.39, 0.29) is 17.9 Å². The van der Waals surface area contributed by atoms with Crippen molar-refractivity contribution in [2.75, 3.05) is 7.11 Å². The molecule has 0 aliphatic carbocycles. The van der Waals surface area contributed by atoms with Crippen LogP contribution in [0.5, 0.6) is 0 Å². The van der Waals surface area contributed by atoms with Gasteiger partial charge in [0, 0.05) is 25.0 Å². The number of methoxy groups -OCH3 is 1. The molecular weight excluding hydrogens is 218 g/mol. The fourth-order valence-electron chi connectivity index (χ4n) is 1.34. The second-order valence-corrected chi connectivity index (χ2v) is 4.13. The highest BCUT2D eigenvalue weighted by atomic mass is 16.5. The molecule has 2 unspecified atom stereocenters. The first-order valence-corrected chi connectivity index (χ1v) is 5.63. The Morgan fingerprint density at radius 1 is 1.41 bits per heavy atom. The second kappa shape index (κ2) is 6.30. The van der Waals surface area contributed by atoms with E-state index in [1.54, 1.807) is 12.4 Å². The highest BCUT2D eigenvalue weighted by Gasteiger charge is 2.20. The summed E-state index contributed by atoms with van der Waals surface area (Å²) in [5, 5.41) is 3.23. The van der Waals surface area contributed by atoms with Gasteiger partial charge in [-0.25, -0.2) is 0 Å². The number of hydrogen-bond donors (Lipinski definition) is 1. The normalized spacial score (nSPS) is 14.1. The SMILES string of the molecule is COC(=O)C(C)C(C)NCc1cnc(C)cn1. The Balaban J connectivity index is 2.45. The minimum atomic E-state index is -0.208. The molecule has 1 heterocycles. The van der Waals surface area contributed by atoms with Crippen molar-refractivity contribution >= 4 is 5.97 Å². The lowest BCUT2D eigenvalue weighted by Gasteiger charge is -2.18. The van der Waals surface area contributed by atoms with Crippen LogP contribution in [0.3, 0.4) is 0 Å². The van der Waals surface area contributed by atoms with Crippen LogP contribution in [0.15, 0.2) is 12.4 Å². The Hall–Kier alpha value is -1.49. The molecule has 0 aliphatic heterocycles. The zero-order chi connectivity index (χ0) is 12.8. The van der Waals surface area contributed by atoms with E-state index in [9.17, 15) is 4.79 Å². The standard InChI is InChI=1S/C12H19N3O2/c1-8-5-15-11(6-13-8)7-14-10(3)9(2)12(16)17-4/h5-6,9-10,14H,7H2,1-4H3. The summed E-state index contributed by atoms with van der Waals surface area (Å²) in [5.41, 5.74) is 1.75. The average Bonchev–Trinajstić information content (AvgIpc) is 2.35. The van der Waals surface area contributed by atoms with Crippen LogP contribution in [0.4, 0.5) is 0 Å². The van der Waals surface area contributed by atoms with E-state index >= 15 is 0 Å². The number of aryl methyl sites for hydroxylation is 1. The van der Waals surface area contributed by atoms with Gasteiger partial charge in [-0.1, -0.05) is 6.92 Å². The molecule has 0 radical (unpaired) electrons. The Labute approximate surface area is 102 Å². The van der Waals surface area contributed by atoms with Crippen LogP contribution in [-0.2, 0) is 16.1 Å². The maximum atomic E-state index is 11.3. The van der Waals surface area contributed by atoms with Gasteiger partial charge in [0.1, 0.15) is 0 Å². The van der Waals surface area contributed by atoms with Gasteiger partial charge in [0.15, 0.2) is 0 Å². The number of carbonyl (C=O) groups is 1. The lowest BCUT2D eigenvalue weighted by atomic mass is 10.0. The molecular formula is C12H19N3O2. The fraction of sp³-hybridized carbons (Fsp3) is 0.583. The van der Waals surface area contributed by atoms with Gasteiger partial charge in [-0.15, -0.1) is 0 Å². The van der Waals surface area contributed by atoms with E-state index in [0.717, 1.165) is 11.4 Å². The summed E-state index contributed by atoms with van der Waals surface area (Å²) in [6, 6.07) is 0.0329. The van der Waals surface area contributed by atoms with Crippen molar-refractivity contribution in [3.63, 3.8) is 0 Å². The Kier molecular flexibility index (Phi) is 5.03. The van der Waals surface area contributed by atoms with E-state index in [2.05, 4.69) is 15.3 Å². The number of esters is 1. The Morgan fingerprint density at radius 2 is 2.12 bits per heavy atom. The molecule has 0 spiro atoms. The minimum absolute atomic E-state index is 0.0329. The summed E-state index contributed by atoms with van der Waals surface area (Å²) >= 11 is 0. The maximum absolute atomic E-state index is 11.3. The highest BCUT2D eigenvalue weighted by molar-refractivity contribution is 5.72. The smallest absolute Gasteiger partial charge is 0.309 e. The van der Waals surface area contributed by atoms with E-state index in [4.69, 9.17) is 4.74 Å². The van der Waals surface area contributed by atoms with E-state index < -0.39 is 0 Å². The van der Waals surface area contributed by atoms with Crippen molar-refractivity contribution in [1.29, 1.82) is 0 Å². The van der Waals surface area contributed by atoms with Crippen molar-refractivity contribution in [3.05, 3.63) is 23.8 Å². The maximum Gasteiger partial charge on any atom is 0.309 e. The third-order valence-electron chi connectivity index (χ3n) is 2.76. The van der Waals surface area contributed by atoms with E-state index in [0.29, 0.717) is 6.54 Å². The molecule has 0 amide bonds. The molecule has 0 fully saturated rings. The monoisotopic (exact) mass is 237 g/mol. The molecule has 1 aromatic heterocycles. The molecule has 5 nitrogen and oxygen atoms in total. The third kappa shape index (κ3) is 4.11. The van der Waals surface area contributed by atoms with Gasteiger partial charge < -0.3 is 10.1 Å². The summed E-state index contributed by atoms with van der Waals surface area (Å²) in [6.45, 7) is 6.27. The number of aromatic nitrogens is 2. The highest BCUT2D eigenvalue weighted by Crippen LogP contribution is 2.05. The van der Waals surface area contributed by atoms with Crippen LogP contribution < -0.4 is 5.32 Å². The molecule has 0 saturated carbocycles. The van der Waals surface area contributed by atoms with Gasteiger partial charge in [-0.2, -0.15) is 0 Å². The number of nitrogens with one attached hydrogen (secondary N) is 1. The molecule has 0 aliphatic rings. The molecule has 5 heteroatoms. The van der Waals surface area contributed by atoms with Gasteiger partial charge in [-0.05, 0) is 13.8 Å². The molecule has 17 heavy (non-hydrogen) atoms. The van der Waals surface area contributed by atoms with Crippen LogP contribution in [0, 0.1) is 12.8 Å². The van der Waals surface area contributed by atoms with Crippen molar-refractivity contribution in [2.24, 2.45) is 5.92 Å². The van der Waals surface area contributed by atoms with Crippen LogP contribution in [0.2, 0.25) is 0 Å². The zero-order valence-corrected chi connectivity index (χ0v) is 10.7. The van der Waals surface area contributed by atoms with E-state index in [1.807, 2.05) is 20.8 Å². The summed E-state index contributed by atoms with van der Waals surface area (Å²) in [4.78, 5) is 19.7. The van der Waals surface area contributed by atoms with Crippen molar-refractivity contribution in [3.8, 4) is 0 Å². The first-order chi connectivity index (χ1) is 8.04. The quantitative estimate of drug-likeness (QED) is 0.776. The van der Waals surface area contributed by atoms with Gasteiger partial charge in [0.2, 0.25) is 0 Å². The topological polar surface area (TPSA) is 64.1 Å². The summed E-state index contributed by atoms with van der Waals surface area (Å²) in [5.74, 6) is -0.390. The molecule has 1 rings (SSSR count). The number of hydrogen-bond acceptors (Lipinski definition) is 5. The fourth-order valence-corrected chi connectivity index (χ4v) is 1.34. The second-order valence-electron chi connectivity index (χ2n) is 4.13. The number of rotatable bonds is 5. The first kappa shape index (κ1) is 13.6. The number of carbonyl (C=O) groups excluding carboxylic acids is 1. The minimum Gasteiger partial charge on any atom is -0.469 e. The van der Waals surface area contributed by atoms with Gasteiger partial charge in [-0.3, -0.25) is 14.8 Å². The molecule has 2 atom stereocenters. The number of ether oxygens (including phenoxy) is 1. The van der Waals surface area contributed by atoms with Gasteiger partial charge >= 0.3 is 5.97 Å². The molecule has 0 aromatic carbocycles. The lowest BCUT2D eigenvalue weighted by Crippen LogP contribution is -2.36. The van der Waals surface area contributed by atoms with Crippen LogP contribution in [0.25, 0.3) is 0 Å². The predicted octanol–water partition coefficient (Wildman–Crippen LogP) is 1.07. The van der Waals surface area contributed by atoms with Crippen LogP contribution in [0.1, 0.15) is 25.2 Å². The molecule has 1 aromatic rings. The van der Waals surface area contributed by atoms with E-state index in [1.165, 1.54) is 7.11 Å². The number of nitrogens with zero attached hydrogens (tertiary/aromatic N) is 2. The molecule has 94 valence electrons. The predicted molar refractivity (Wildman–Crippen MR) is 64.3 cm³/mol. The summed E-state index contributed by atoms with van der Waals surface area (Å²) in [7, 11) is 1.40. The lowest BCUT2D eigenvalue weighted by molar-refractivity contribution is -0.145. The molecule has 0 bridgehead atoms. The zero-order valence-electron chi connectivity index (χ0n) is 10.7. The van der Waals surface area contributed by atoms with Crippen molar-refractivity contribution < 1.29 is 9.53 Å². The third-order valence-corrected chi connectivity index (χ3v) is 2.76. The largest absolute Gasteiger partial charge is 0.469 e. The molecule has 0 saturated heterocycles. The Morgan fingerprint density at radius 3 is 2.65 bits per heavy atom. The van der Waals surface area contributed by atoms with Crippen molar-refractivity contribution in [1.82, 2.24) is 15.3 Å².